The molecule has 1 aromatic carbocycles. The lowest BCUT2D eigenvalue weighted by atomic mass is 9.80. The van der Waals surface area contributed by atoms with E-state index in [0.717, 1.165) is 5.69 Å². The van der Waals surface area contributed by atoms with Gasteiger partial charge in [0.15, 0.2) is 0 Å². The molecule has 0 aliphatic carbocycles. The molecule has 0 aliphatic heterocycles. The smallest absolute Gasteiger partial charge is 0.408 e. The van der Waals surface area contributed by atoms with Crippen LogP contribution in [0.25, 0.3) is 0 Å². The van der Waals surface area contributed by atoms with Crippen molar-refractivity contribution in [3.63, 3.8) is 0 Å². The normalized spacial score (nSPS) is 13.1. The molecule has 1 amide bonds. The molecule has 2 N–H and O–H groups in total. The Labute approximate surface area is 143 Å². The summed E-state index contributed by atoms with van der Waals surface area (Å²) in [5.41, 5.74) is -0.237. The van der Waals surface area contributed by atoms with Gasteiger partial charge >= 0.3 is 12.1 Å². The number of carboxylic acids is 1. The zero-order chi connectivity index (χ0) is 18.7. The van der Waals surface area contributed by atoms with Gasteiger partial charge in [-0.25, -0.2) is 4.79 Å². The fraction of sp³-hybridized carbons (Fsp3) is 0.556. The van der Waals surface area contributed by atoms with Crippen LogP contribution in [0.1, 0.15) is 46.2 Å². The number of aliphatic carboxylic acids is 1. The van der Waals surface area contributed by atoms with E-state index in [1.165, 1.54) is 0 Å². The molecule has 24 heavy (non-hydrogen) atoms. The molecule has 0 saturated heterocycles. The second kappa shape index (κ2) is 7.11. The molecule has 0 aromatic heterocycles. The molecule has 1 atom stereocenters. The largest absolute Gasteiger partial charge is 0.481 e. The lowest BCUT2D eigenvalue weighted by Gasteiger charge is -2.33. The SMILES string of the molecule is CN(C)c1cccc([C@H](NC(=O)OC(C)(C)C)C(C)(C)C(=O)O)c1. The number of amides is 1. The predicted octanol–water partition coefficient (Wildman–Crippen LogP) is 3.43. The van der Waals surface area contributed by atoms with Crippen LogP contribution in [0.15, 0.2) is 24.3 Å². The third-order valence-electron chi connectivity index (χ3n) is 3.65. The third-order valence-corrected chi connectivity index (χ3v) is 3.65. The maximum Gasteiger partial charge on any atom is 0.408 e. The van der Waals surface area contributed by atoms with E-state index in [2.05, 4.69) is 5.32 Å². The van der Waals surface area contributed by atoms with Crippen molar-refractivity contribution >= 4 is 17.7 Å². The van der Waals surface area contributed by atoms with Gasteiger partial charge in [-0.15, -0.1) is 0 Å². The van der Waals surface area contributed by atoms with Gasteiger partial charge < -0.3 is 20.1 Å². The summed E-state index contributed by atoms with van der Waals surface area (Å²) >= 11 is 0. The van der Waals surface area contributed by atoms with E-state index in [-0.39, 0.29) is 0 Å². The number of nitrogens with one attached hydrogen (secondary N) is 1. The minimum absolute atomic E-state index is 0.642. The van der Waals surface area contributed by atoms with Crippen LogP contribution in [0, 0.1) is 5.41 Å². The molecule has 0 radical (unpaired) electrons. The van der Waals surface area contributed by atoms with Gasteiger partial charge in [0.2, 0.25) is 0 Å². The molecule has 0 fully saturated rings. The number of benzene rings is 1. The van der Waals surface area contributed by atoms with Crippen LogP contribution in [0.2, 0.25) is 0 Å². The fourth-order valence-corrected chi connectivity index (χ4v) is 2.21. The van der Waals surface area contributed by atoms with Crippen molar-refractivity contribution in [3.8, 4) is 0 Å². The standard InChI is InChI=1S/C18H28N2O4/c1-17(2,3)24-16(23)19-14(18(4,5)15(21)22)12-9-8-10-13(11-12)20(6)7/h8-11,14H,1-7H3,(H,19,23)(H,21,22)/t14-/m0/s1. The van der Waals surface area contributed by atoms with E-state index in [4.69, 9.17) is 4.74 Å². The van der Waals surface area contributed by atoms with Crippen molar-refractivity contribution in [1.29, 1.82) is 0 Å². The summed E-state index contributed by atoms with van der Waals surface area (Å²) in [4.78, 5) is 25.8. The topological polar surface area (TPSA) is 78.9 Å². The molecule has 0 saturated carbocycles. The van der Waals surface area contributed by atoms with Crippen LogP contribution in [-0.4, -0.2) is 36.9 Å². The molecule has 134 valence electrons. The van der Waals surface area contributed by atoms with Crippen molar-refractivity contribution in [2.45, 2.75) is 46.3 Å². The van der Waals surface area contributed by atoms with E-state index >= 15 is 0 Å². The van der Waals surface area contributed by atoms with Crippen molar-refractivity contribution in [2.75, 3.05) is 19.0 Å². The van der Waals surface area contributed by atoms with Crippen LogP contribution in [0.5, 0.6) is 0 Å². The molecule has 6 nitrogen and oxygen atoms in total. The van der Waals surface area contributed by atoms with E-state index in [0.29, 0.717) is 5.56 Å². The molecule has 0 heterocycles. The highest BCUT2D eigenvalue weighted by Gasteiger charge is 2.40. The summed E-state index contributed by atoms with van der Waals surface area (Å²) in [5.74, 6) is -1.00. The number of carbonyl (C=O) groups is 2. The van der Waals surface area contributed by atoms with Gasteiger partial charge in [0.05, 0.1) is 11.5 Å². The van der Waals surface area contributed by atoms with Crippen molar-refractivity contribution in [3.05, 3.63) is 29.8 Å². The molecule has 0 spiro atoms. The van der Waals surface area contributed by atoms with Gasteiger partial charge in [-0.05, 0) is 52.3 Å². The average molecular weight is 336 g/mol. The quantitative estimate of drug-likeness (QED) is 0.861. The Morgan fingerprint density at radius 1 is 1.17 bits per heavy atom. The van der Waals surface area contributed by atoms with Crippen LogP contribution in [0.3, 0.4) is 0 Å². The van der Waals surface area contributed by atoms with Crippen molar-refractivity contribution < 1.29 is 19.4 Å². The zero-order valence-electron chi connectivity index (χ0n) is 15.5. The van der Waals surface area contributed by atoms with E-state index in [9.17, 15) is 14.7 Å². The first kappa shape index (κ1) is 19.8. The number of ether oxygens (including phenoxy) is 1. The average Bonchev–Trinajstić information content (AvgIpc) is 2.42. The van der Waals surface area contributed by atoms with Gasteiger partial charge in [0.25, 0.3) is 0 Å². The van der Waals surface area contributed by atoms with Crippen LogP contribution in [-0.2, 0) is 9.53 Å². The van der Waals surface area contributed by atoms with Gasteiger partial charge in [-0.1, -0.05) is 12.1 Å². The Bertz CT molecular complexity index is 603. The summed E-state index contributed by atoms with van der Waals surface area (Å²) in [5, 5.41) is 12.3. The molecule has 6 heteroatoms. The maximum atomic E-state index is 12.2. The minimum atomic E-state index is -1.21. The monoisotopic (exact) mass is 336 g/mol. The molecule has 0 unspecified atom stereocenters. The Kier molecular flexibility index (Phi) is 5.87. The molecule has 1 rings (SSSR count). The highest BCUT2D eigenvalue weighted by Crippen LogP contribution is 2.35. The van der Waals surface area contributed by atoms with Crippen molar-refractivity contribution in [1.82, 2.24) is 5.32 Å². The van der Waals surface area contributed by atoms with E-state index in [1.54, 1.807) is 40.7 Å². The highest BCUT2D eigenvalue weighted by atomic mass is 16.6. The Balaban J connectivity index is 3.22. The number of rotatable bonds is 5. The number of hydrogen-bond donors (Lipinski definition) is 2. The van der Waals surface area contributed by atoms with Crippen LogP contribution >= 0.6 is 0 Å². The predicted molar refractivity (Wildman–Crippen MR) is 94.3 cm³/mol. The van der Waals surface area contributed by atoms with E-state index < -0.39 is 29.1 Å². The summed E-state index contributed by atoms with van der Waals surface area (Å²) in [6, 6.07) is 6.70. The number of carboxylic acid groups (broad SMARTS) is 1. The lowest BCUT2D eigenvalue weighted by molar-refractivity contribution is -0.148. The van der Waals surface area contributed by atoms with Crippen LogP contribution < -0.4 is 10.2 Å². The summed E-state index contributed by atoms with van der Waals surface area (Å²) in [6.07, 6.45) is -0.642. The molecule has 0 aliphatic rings. The van der Waals surface area contributed by atoms with Gasteiger partial charge in [0, 0.05) is 19.8 Å². The number of nitrogens with zero attached hydrogens (tertiary/aromatic N) is 1. The molecule has 0 bridgehead atoms. The van der Waals surface area contributed by atoms with Gasteiger partial charge in [-0.2, -0.15) is 0 Å². The molecule has 1 aromatic rings. The second-order valence-corrected chi connectivity index (χ2v) is 7.60. The molecular formula is C18H28N2O4. The van der Waals surface area contributed by atoms with Gasteiger partial charge in [-0.3, -0.25) is 4.79 Å². The first-order chi connectivity index (χ1) is 10.8. The Morgan fingerprint density at radius 2 is 1.75 bits per heavy atom. The summed E-state index contributed by atoms with van der Waals surface area (Å²) < 4.78 is 5.29. The highest BCUT2D eigenvalue weighted by molar-refractivity contribution is 5.77. The number of anilines is 1. The molecular weight excluding hydrogens is 308 g/mol. The van der Waals surface area contributed by atoms with E-state index in [1.807, 2.05) is 37.2 Å². The van der Waals surface area contributed by atoms with Gasteiger partial charge in [0.1, 0.15) is 5.60 Å². The minimum Gasteiger partial charge on any atom is -0.481 e. The lowest BCUT2D eigenvalue weighted by Crippen LogP contribution is -2.44. The number of hydrogen-bond acceptors (Lipinski definition) is 4. The maximum absolute atomic E-state index is 12.2. The fourth-order valence-electron chi connectivity index (χ4n) is 2.21. The van der Waals surface area contributed by atoms with Crippen molar-refractivity contribution in [2.24, 2.45) is 5.41 Å². The first-order valence-electron chi connectivity index (χ1n) is 7.85. The first-order valence-corrected chi connectivity index (χ1v) is 7.85. The Morgan fingerprint density at radius 3 is 2.21 bits per heavy atom. The number of carbonyl (C=O) groups excluding carboxylic acids is 1. The second-order valence-electron chi connectivity index (χ2n) is 7.60. The Hall–Kier alpha value is -2.24. The summed E-state index contributed by atoms with van der Waals surface area (Å²) in [6.45, 7) is 8.45. The summed E-state index contributed by atoms with van der Waals surface area (Å²) in [7, 11) is 3.80. The van der Waals surface area contributed by atoms with Crippen LogP contribution in [0.4, 0.5) is 10.5 Å². The third kappa shape index (κ3) is 5.15. The zero-order valence-corrected chi connectivity index (χ0v) is 15.5. The number of alkyl carbamates (subject to hydrolysis) is 1.